The number of halogens is 2. The predicted molar refractivity (Wildman–Crippen MR) is 75.5 cm³/mol. The maximum atomic E-state index is 5.99. The summed E-state index contributed by atoms with van der Waals surface area (Å²) in [6, 6.07) is 5.85. The third kappa shape index (κ3) is 2.85. The van der Waals surface area contributed by atoms with Gasteiger partial charge in [0.1, 0.15) is 10.0 Å². The van der Waals surface area contributed by atoms with Crippen LogP contribution in [0, 0.1) is 0 Å². The second-order valence-electron chi connectivity index (χ2n) is 3.58. The molecule has 90 valence electrons. The zero-order valence-corrected chi connectivity index (χ0v) is 12.5. The normalized spacial score (nSPS) is 12.7. The summed E-state index contributed by atoms with van der Waals surface area (Å²) < 4.78 is 0.974. The number of hydrogen-bond donors (Lipinski definition) is 1. The monoisotopic (exact) mass is 331 g/mol. The average Bonchev–Trinajstić information content (AvgIpc) is 2.80. The van der Waals surface area contributed by atoms with E-state index >= 15 is 0 Å². The molecule has 1 unspecified atom stereocenters. The van der Waals surface area contributed by atoms with Gasteiger partial charge in [-0.05, 0) is 32.2 Å². The number of nitrogens with one attached hydrogen (secondary N) is 1. The number of hydrogen-bond acceptors (Lipinski definition) is 4. The molecule has 0 aliphatic rings. The summed E-state index contributed by atoms with van der Waals surface area (Å²) in [6.07, 6.45) is 0. The molecule has 0 aliphatic carbocycles. The molecule has 6 heteroatoms. The van der Waals surface area contributed by atoms with E-state index in [1.807, 2.05) is 25.2 Å². The Kier molecular flexibility index (Phi) is 4.14. The first-order valence-electron chi connectivity index (χ1n) is 5.08. The van der Waals surface area contributed by atoms with Gasteiger partial charge in [0.25, 0.3) is 0 Å². The Hall–Kier alpha value is -0.490. The number of nitrogens with zero attached hydrogens (tertiary/aromatic N) is 2. The van der Waals surface area contributed by atoms with E-state index in [4.69, 9.17) is 11.6 Å². The van der Waals surface area contributed by atoms with Crippen LogP contribution in [-0.2, 0) is 0 Å². The van der Waals surface area contributed by atoms with E-state index in [2.05, 4.69) is 38.4 Å². The molecular weight excluding hydrogens is 322 g/mol. The Bertz CT molecular complexity index is 529. The molecule has 1 N–H and O–H groups in total. The quantitative estimate of drug-likeness (QED) is 0.926. The number of aromatic nitrogens is 2. The molecule has 0 fully saturated rings. The highest BCUT2D eigenvalue weighted by Crippen LogP contribution is 2.33. The maximum Gasteiger partial charge on any atom is 0.149 e. The van der Waals surface area contributed by atoms with Crippen LogP contribution in [0.4, 0.5) is 0 Å². The molecule has 3 nitrogen and oxygen atoms in total. The van der Waals surface area contributed by atoms with Crippen molar-refractivity contribution in [3.05, 3.63) is 32.7 Å². The molecule has 1 atom stereocenters. The first kappa shape index (κ1) is 13.0. The van der Waals surface area contributed by atoms with Crippen LogP contribution >= 0.6 is 38.9 Å². The predicted octanol–water partition coefficient (Wildman–Crippen LogP) is 3.90. The van der Waals surface area contributed by atoms with E-state index in [9.17, 15) is 0 Å². The van der Waals surface area contributed by atoms with Gasteiger partial charge in [-0.25, -0.2) is 0 Å². The summed E-state index contributed by atoms with van der Waals surface area (Å²) in [4.78, 5) is 0. The highest BCUT2D eigenvalue weighted by atomic mass is 79.9. The minimum absolute atomic E-state index is 0.208. The molecule has 17 heavy (non-hydrogen) atoms. The highest BCUT2D eigenvalue weighted by Gasteiger charge is 2.13. The van der Waals surface area contributed by atoms with Crippen LogP contribution in [0.25, 0.3) is 10.6 Å². The summed E-state index contributed by atoms with van der Waals surface area (Å²) in [5.74, 6) is 0. The van der Waals surface area contributed by atoms with Gasteiger partial charge in [0.2, 0.25) is 0 Å². The lowest BCUT2D eigenvalue weighted by molar-refractivity contribution is 0.640. The van der Waals surface area contributed by atoms with E-state index in [0.717, 1.165) is 20.1 Å². The summed E-state index contributed by atoms with van der Waals surface area (Å²) in [6.45, 7) is 2.05. The van der Waals surface area contributed by atoms with Crippen LogP contribution in [0.2, 0.25) is 5.02 Å². The molecule has 1 aromatic heterocycles. The Balaban J connectivity index is 2.40. The lowest BCUT2D eigenvalue weighted by Crippen LogP contribution is -2.11. The van der Waals surface area contributed by atoms with Crippen LogP contribution in [0.5, 0.6) is 0 Å². The molecule has 0 amide bonds. The SMILES string of the molecule is CNC(C)c1nnc(-c2cc(Cl)ccc2Br)s1. The molecule has 2 aromatic rings. The van der Waals surface area contributed by atoms with Crippen molar-refractivity contribution < 1.29 is 0 Å². The van der Waals surface area contributed by atoms with Crippen LogP contribution in [0.15, 0.2) is 22.7 Å². The van der Waals surface area contributed by atoms with E-state index in [-0.39, 0.29) is 6.04 Å². The van der Waals surface area contributed by atoms with Crippen molar-refractivity contribution >= 4 is 38.9 Å². The molecular formula is C11H11BrClN3S. The van der Waals surface area contributed by atoms with Crippen molar-refractivity contribution in [1.82, 2.24) is 15.5 Å². The Labute approximate surface area is 117 Å². The molecule has 0 aliphatic heterocycles. The molecule has 0 saturated carbocycles. The van der Waals surface area contributed by atoms with Gasteiger partial charge in [-0.15, -0.1) is 10.2 Å². The van der Waals surface area contributed by atoms with Crippen LogP contribution in [-0.4, -0.2) is 17.2 Å². The van der Waals surface area contributed by atoms with Gasteiger partial charge in [-0.1, -0.05) is 38.9 Å². The van der Waals surface area contributed by atoms with Crippen LogP contribution in [0.1, 0.15) is 18.0 Å². The zero-order chi connectivity index (χ0) is 12.4. The molecule has 1 aromatic carbocycles. The minimum Gasteiger partial charge on any atom is -0.311 e. The van der Waals surface area contributed by atoms with Gasteiger partial charge in [0.15, 0.2) is 0 Å². The van der Waals surface area contributed by atoms with Gasteiger partial charge < -0.3 is 5.32 Å². The Morgan fingerprint density at radius 1 is 1.41 bits per heavy atom. The molecule has 1 heterocycles. The molecule has 0 radical (unpaired) electrons. The van der Waals surface area contributed by atoms with Crippen molar-refractivity contribution in [2.24, 2.45) is 0 Å². The van der Waals surface area contributed by atoms with Crippen molar-refractivity contribution in [2.45, 2.75) is 13.0 Å². The average molecular weight is 333 g/mol. The fourth-order valence-corrected chi connectivity index (χ4v) is 2.98. The summed E-state index contributed by atoms with van der Waals surface area (Å²) in [7, 11) is 1.90. The van der Waals surface area contributed by atoms with Gasteiger partial charge in [0, 0.05) is 15.1 Å². The first-order chi connectivity index (χ1) is 8.11. The molecule has 0 spiro atoms. The number of benzene rings is 1. The third-order valence-electron chi connectivity index (χ3n) is 2.40. The second kappa shape index (κ2) is 5.44. The van der Waals surface area contributed by atoms with Crippen molar-refractivity contribution in [3.63, 3.8) is 0 Å². The third-order valence-corrected chi connectivity index (χ3v) is 4.47. The van der Waals surface area contributed by atoms with Crippen LogP contribution in [0.3, 0.4) is 0 Å². The lowest BCUT2D eigenvalue weighted by Gasteiger charge is -2.03. The number of rotatable bonds is 3. The van der Waals surface area contributed by atoms with E-state index in [1.165, 1.54) is 0 Å². The standard InChI is InChI=1S/C11H11BrClN3S/c1-6(14-2)10-15-16-11(17-10)8-5-7(13)3-4-9(8)12/h3-6,14H,1-2H3. The minimum atomic E-state index is 0.208. The van der Waals surface area contributed by atoms with Crippen molar-refractivity contribution in [1.29, 1.82) is 0 Å². The molecule has 0 bridgehead atoms. The van der Waals surface area contributed by atoms with Gasteiger partial charge in [0.05, 0.1) is 6.04 Å². The Morgan fingerprint density at radius 2 is 2.18 bits per heavy atom. The first-order valence-corrected chi connectivity index (χ1v) is 7.06. The summed E-state index contributed by atoms with van der Waals surface area (Å²) in [5.41, 5.74) is 0.976. The Morgan fingerprint density at radius 3 is 2.88 bits per heavy atom. The fourth-order valence-electron chi connectivity index (χ4n) is 1.30. The fraction of sp³-hybridized carbons (Fsp3) is 0.273. The zero-order valence-electron chi connectivity index (χ0n) is 9.37. The maximum absolute atomic E-state index is 5.99. The molecule has 0 saturated heterocycles. The van der Waals surface area contributed by atoms with E-state index < -0.39 is 0 Å². The van der Waals surface area contributed by atoms with E-state index in [1.54, 1.807) is 11.3 Å². The van der Waals surface area contributed by atoms with Crippen molar-refractivity contribution in [2.75, 3.05) is 7.05 Å². The van der Waals surface area contributed by atoms with E-state index in [0.29, 0.717) is 5.02 Å². The van der Waals surface area contributed by atoms with Gasteiger partial charge in [-0.3, -0.25) is 0 Å². The lowest BCUT2D eigenvalue weighted by atomic mass is 10.2. The second-order valence-corrected chi connectivity index (χ2v) is 5.88. The smallest absolute Gasteiger partial charge is 0.149 e. The highest BCUT2D eigenvalue weighted by molar-refractivity contribution is 9.10. The largest absolute Gasteiger partial charge is 0.311 e. The topological polar surface area (TPSA) is 37.8 Å². The van der Waals surface area contributed by atoms with Crippen molar-refractivity contribution in [3.8, 4) is 10.6 Å². The summed E-state index contributed by atoms with van der Waals surface area (Å²) in [5, 5.41) is 14.1. The molecule has 2 rings (SSSR count). The summed E-state index contributed by atoms with van der Waals surface area (Å²) >= 11 is 11.0. The van der Waals surface area contributed by atoms with Gasteiger partial charge in [-0.2, -0.15) is 0 Å². The van der Waals surface area contributed by atoms with Gasteiger partial charge >= 0.3 is 0 Å². The van der Waals surface area contributed by atoms with Crippen LogP contribution < -0.4 is 5.32 Å².